The first-order valence-corrected chi connectivity index (χ1v) is 12.6. The lowest BCUT2D eigenvalue weighted by Crippen LogP contribution is -2.31. The second kappa shape index (κ2) is 11.3. The van der Waals surface area contributed by atoms with E-state index < -0.39 is 17.6 Å². The van der Waals surface area contributed by atoms with E-state index in [0.717, 1.165) is 16.7 Å². The highest BCUT2D eigenvalue weighted by Crippen LogP contribution is 2.37. The van der Waals surface area contributed by atoms with E-state index in [1.54, 1.807) is 67.8 Å². The Morgan fingerprint density at radius 3 is 2.26 bits per heavy atom. The molecule has 10 heteroatoms. The predicted octanol–water partition coefficient (Wildman–Crippen LogP) is 5.66. The van der Waals surface area contributed by atoms with Crippen LogP contribution in [0.4, 0.5) is 15.8 Å². The monoisotopic (exact) mass is 543 g/mol. The van der Waals surface area contributed by atoms with Crippen LogP contribution < -0.4 is 15.4 Å². The number of ether oxygens (including phenoxy) is 1. The van der Waals surface area contributed by atoms with Gasteiger partial charge in [-0.15, -0.1) is 0 Å². The van der Waals surface area contributed by atoms with Crippen LogP contribution in [0.15, 0.2) is 111 Å². The average molecular weight is 544 g/mol. The molecule has 39 heavy (non-hydrogen) atoms. The molecular weight excluding hydrogens is 521 g/mol. The van der Waals surface area contributed by atoms with Crippen molar-refractivity contribution in [2.75, 3.05) is 17.7 Å². The number of carbonyl (C=O) groups is 3. The van der Waals surface area contributed by atoms with Crippen LogP contribution in [-0.4, -0.2) is 29.7 Å². The summed E-state index contributed by atoms with van der Waals surface area (Å²) in [6.07, 6.45) is 1.47. The smallest absolute Gasteiger partial charge is 0.278 e. The maximum Gasteiger partial charge on any atom is 0.278 e. The van der Waals surface area contributed by atoms with Gasteiger partial charge in [0.05, 0.1) is 19.9 Å². The van der Waals surface area contributed by atoms with Crippen LogP contribution in [0, 0.1) is 5.82 Å². The summed E-state index contributed by atoms with van der Waals surface area (Å²) in [4.78, 5) is 41.1. The molecular formula is C29H22FN3O5S. The van der Waals surface area contributed by atoms with E-state index in [1.807, 2.05) is 0 Å². The van der Waals surface area contributed by atoms with E-state index in [9.17, 15) is 18.8 Å². The van der Waals surface area contributed by atoms with E-state index in [1.165, 1.54) is 30.5 Å². The molecule has 0 spiro atoms. The predicted molar refractivity (Wildman–Crippen MR) is 145 cm³/mol. The minimum Gasteiger partial charge on any atom is -0.497 e. The minimum atomic E-state index is -0.522. The maximum atomic E-state index is 13.4. The third kappa shape index (κ3) is 5.86. The normalized spacial score (nSPS) is 13.1. The minimum absolute atomic E-state index is 0.0281. The van der Waals surface area contributed by atoms with Crippen LogP contribution in [0.25, 0.3) is 0 Å². The quantitative estimate of drug-likeness (QED) is 0.263. The summed E-state index contributed by atoms with van der Waals surface area (Å²) in [5.74, 6) is -0.595. The zero-order valence-corrected chi connectivity index (χ0v) is 21.5. The Morgan fingerprint density at radius 1 is 0.923 bits per heavy atom. The number of rotatable bonds is 9. The number of halogens is 1. The lowest BCUT2D eigenvalue weighted by Gasteiger charge is -2.13. The second-order valence-electron chi connectivity index (χ2n) is 8.42. The first-order chi connectivity index (χ1) is 18.9. The molecule has 1 aliphatic rings. The van der Waals surface area contributed by atoms with E-state index in [4.69, 9.17) is 9.15 Å². The van der Waals surface area contributed by atoms with Gasteiger partial charge >= 0.3 is 0 Å². The summed E-state index contributed by atoms with van der Waals surface area (Å²) < 4.78 is 23.8. The third-order valence-electron chi connectivity index (χ3n) is 5.82. The molecule has 2 heterocycles. The summed E-state index contributed by atoms with van der Waals surface area (Å²) >= 11 is 1.11. The van der Waals surface area contributed by atoms with Gasteiger partial charge in [0.25, 0.3) is 17.7 Å². The Bertz CT molecular complexity index is 1530. The molecule has 0 aliphatic carbocycles. The van der Waals surface area contributed by atoms with E-state index in [2.05, 4.69) is 10.6 Å². The highest BCUT2D eigenvalue weighted by Gasteiger charge is 2.39. The Morgan fingerprint density at radius 2 is 1.62 bits per heavy atom. The number of hydrogen-bond donors (Lipinski definition) is 2. The number of anilines is 2. The van der Waals surface area contributed by atoms with Crippen molar-refractivity contribution in [2.24, 2.45) is 0 Å². The Balaban J connectivity index is 1.35. The van der Waals surface area contributed by atoms with Crippen LogP contribution >= 0.6 is 11.8 Å². The number of methoxy groups -OCH3 is 1. The largest absolute Gasteiger partial charge is 0.497 e. The first-order valence-electron chi connectivity index (χ1n) is 11.8. The SMILES string of the molecule is COc1ccc(C(=O)Nc2ccc(SC3=C(Nc4ccc(F)cc4)C(=O)N(Cc4ccco4)C3=O)cc2)cc1. The van der Waals surface area contributed by atoms with E-state index in [-0.39, 0.29) is 23.1 Å². The number of nitrogens with one attached hydrogen (secondary N) is 2. The lowest BCUT2D eigenvalue weighted by atomic mass is 10.2. The van der Waals surface area contributed by atoms with Gasteiger partial charge in [0.1, 0.15) is 27.9 Å². The molecule has 0 saturated carbocycles. The number of carbonyl (C=O) groups excluding carboxylic acids is 3. The van der Waals surface area contributed by atoms with Crippen molar-refractivity contribution in [3.8, 4) is 5.75 Å². The van der Waals surface area contributed by atoms with Crippen molar-refractivity contribution >= 4 is 40.9 Å². The average Bonchev–Trinajstić information content (AvgIpc) is 3.54. The second-order valence-corrected chi connectivity index (χ2v) is 9.50. The van der Waals surface area contributed by atoms with Gasteiger partial charge in [-0.2, -0.15) is 0 Å². The van der Waals surface area contributed by atoms with Gasteiger partial charge < -0.3 is 19.8 Å². The molecule has 0 atom stereocenters. The molecule has 5 rings (SSSR count). The van der Waals surface area contributed by atoms with E-state index >= 15 is 0 Å². The van der Waals surface area contributed by atoms with Crippen LogP contribution in [0.3, 0.4) is 0 Å². The van der Waals surface area contributed by atoms with Crippen molar-refractivity contribution in [1.82, 2.24) is 4.90 Å². The Kier molecular flexibility index (Phi) is 7.46. The molecule has 196 valence electrons. The highest BCUT2D eigenvalue weighted by molar-refractivity contribution is 8.04. The van der Waals surface area contributed by atoms with Crippen LogP contribution in [-0.2, 0) is 16.1 Å². The summed E-state index contributed by atoms with van der Waals surface area (Å²) in [6, 6.07) is 22.5. The molecule has 0 bridgehead atoms. The number of amides is 3. The van der Waals surface area contributed by atoms with Crippen LogP contribution in [0.2, 0.25) is 0 Å². The summed E-state index contributed by atoms with van der Waals surface area (Å²) in [5.41, 5.74) is 1.58. The fourth-order valence-corrected chi connectivity index (χ4v) is 4.75. The molecule has 1 aromatic heterocycles. The molecule has 4 aromatic rings. The maximum absolute atomic E-state index is 13.4. The van der Waals surface area contributed by atoms with Crippen molar-refractivity contribution in [3.05, 3.63) is 119 Å². The summed E-state index contributed by atoms with van der Waals surface area (Å²) in [7, 11) is 1.55. The molecule has 0 saturated heterocycles. The number of thioether (sulfide) groups is 1. The molecule has 3 amide bonds. The van der Waals surface area contributed by atoms with Crippen molar-refractivity contribution in [2.45, 2.75) is 11.4 Å². The lowest BCUT2D eigenvalue weighted by molar-refractivity contribution is -0.138. The molecule has 2 N–H and O–H groups in total. The van der Waals surface area contributed by atoms with Crippen LogP contribution in [0.1, 0.15) is 16.1 Å². The standard InChI is InChI=1S/C29H22FN3O5S/c1-37-22-12-4-18(5-13-22)27(34)32-21-10-14-24(15-11-21)39-26-25(31-20-8-6-19(30)7-9-20)28(35)33(29(26)36)17-23-3-2-16-38-23/h2-16,31H,17H2,1H3,(H,32,34). The fourth-order valence-electron chi connectivity index (χ4n) is 3.81. The number of nitrogens with zero attached hydrogens (tertiary/aromatic N) is 1. The van der Waals surface area contributed by atoms with Crippen molar-refractivity contribution in [1.29, 1.82) is 0 Å². The zero-order chi connectivity index (χ0) is 27.4. The van der Waals surface area contributed by atoms with Gasteiger partial charge in [-0.05, 0) is 84.9 Å². The van der Waals surface area contributed by atoms with Gasteiger partial charge in [0.2, 0.25) is 0 Å². The summed E-state index contributed by atoms with van der Waals surface area (Å²) in [5, 5.41) is 5.80. The number of hydrogen-bond acceptors (Lipinski definition) is 7. The van der Waals surface area contributed by atoms with Crippen LogP contribution in [0.5, 0.6) is 5.75 Å². The van der Waals surface area contributed by atoms with Gasteiger partial charge in [-0.1, -0.05) is 11.8 Å². The Hall–Kier alpha value is -4.83. The molecule has 0 radical (unpaired) electrons. The molecule has 1 aliphatic heterocycles. The first kappa shape index (κ1) is 25.8. The van der Waals surface area contributed by atoms with Gasteiger partial charge in [-0.3, -0.25) is 19.3 Å². The fraction of sp³-hybridized carbons (Fsp3) is 0.0690. The molecule has 8 nitrogen and oxygen atoms in total. The van der Waals surface area contributed by atoms with Crippen molar-refractivity contribution in [3.63, 3.8) is 0 Å². The van der Waals surface area contributed by atoms with Gasteiger partial charge in [0, 0.05) is 21.8 Å². The number of furan rings is 1. The van der Waals surface area contributed by atoms with Gasteiger partial charge in [0.15, 0.2) is 0 Å². The van der Waals surface area contributed by atoms with Gasteiger partial charge in [-0.25, -0.2) is 4.39 Å². The topological polar surface area (TPSA) is 101 Å². The van der Waals surface area contributed by atoms with Crippen molar-refractivity contribution < 1.29 is 27.9 Å². The third-order valence-corrected chi connectivity index (χ3v) is 6.91. The molecule has 0 fully saturated rings. The molecule has 3 aromatic carbocycles. The Labute approximate surface area is 227 Å². The number of benzene rings is 3. The van der Waals surface area contributed by atoms with E-state index in [0.29, 0.717) is 33.3 Å². The summed E-state index contributed by atoms with van der Waals surface area (Å²) in [6.45, 7) is -0.0281. The number of imide groups is 1. The highest BCUT2D eigenvalue weighted by atomic mass is 32.2. The molecule has 0 unspecified atom stereocenters. The zero-order valence-electron chi connectivity index (χ0n) is 20.6.